The summed E-state index contributed by atoms with van der Waals surface area (Å²) in [6.07, 6.45) is 0. The summed E-state index contributed by atoms with van der Waals surface area (Å²) in [7, 11) is 0. The molecule has 0 saturated carbocycles. The van der Waals surface area contributed by atoms with Crippen LogP contribution in [0.4, 0.5) is 18.9 Å². The number of halogens is 3. The summed E-state index contributed by atoms with van der Waals surface area (Å²) in [5, 5.41) is 4.65. The second-order valence-corrected chi connectivity index (χ2v) is 8.87. The fraction of sp³-hybridized carbons (Fsp3) is 0.440. The van der Waals surface area contributed by atoms with E-state index in [4.69, 9.17) is 0 Å². The van der Waals surface area contributed by atoms with E-state index >= 15 is 0 Å². The largest absolute Gasteiger partial charge is 0.346 e. The van der Waals surface area contributed by atoms with Crippen molar-refractivity contribution < 1.29 is 22.8 Å². The zero-order valence-corrected chi connectivity index (χ0v) is 19.7. The molecule has 9 heteroatoms. The van der Waals surface area contributed by atoms with Crippen LogP contribution in [-0.2, 0) is 16.1 Å². The number of nitrogens with one attached hydrogen (secondary N) is 2. The van der Waals surface area contributed by atoms with Gasteiger partial charge in [-0.3, -0.25) is 19.4 Å². The molecule has 2 aromatic carbocycles. The molecule has 0 bridgehead atoms. The van der Waals surface area contributed by atoms with Crippen LogP contribution >= 0.6 is 0 Å². The molecule has 1 aliphatic heterocycles. The summed E-state index contributed by atoms with van der Waals surface area (Å²) in [5.74, 6) is -5.06. The Labute approximate surface area is 198 Å². The molecule has 2 aromatic rings. The predicted octanol–water partition coefficient (Wildman–Crippen LogP) is 3.49. The quantitative estimate of drug-likeness (QED) is 0.573. The Morgan fingerprint density at radius 3 is 2.18 bits per heavy atom. The number of nitrogens with zero attached hydrogens (tertiary/aromatic N) is 2. The molecule has 0 aromatic heterocycles. The van der Waals surface area contributed by atoms with Gasteiger partial charge in [0, 0.05) is 32.7 Å². The summed E-state index contributed by atoms with van der Waals surface area (Å²) >= 11 is 0. The Morgan fingerprint density at radius 2 is 1.56 bits per heavy atom. The molecule has 1 unspecified atom stereocenters. The summed E-state index contributed by atoms with van der Waals surface area (Å²) in [6.45, 7) is 9.62. The Hall–Kier alpha value is -2.91. The van der Waals surface area contributed by atoms with Crippen molar-refractivity contribution in [2.45, 2.75) is 39.3 Å². The van der Waals surface area contributed by atoms with Gasteiger partial charge < -0.3 is 10.6 Å². The van der Waals surface area contributed by atoms with E-state index in [-0.39, 0.29) is 5.91 Å². The van der Waals surface area contributed by atoms with Crippen molar-refractivity contribution in [1.82, 2.24) is 15.1 Å². The van der Waals surface area contributed by atoms with Crippen LogP contribution in [-0.4, -0.2) is 60.4 Å². The average molecular weight is 477 g/mol. The van der Waals surface area contributed by atoms with Crippen molar-refractivity contribution in [3.63, 3.8) is 0 Å². The Morgan fingerprint density at radius 1 is 0.912 bits per heavy atom. The minimum atomic E-state index is -1.66. The summed E-state index contributed by atoms with van der Waals surface area (Å²) < 4.78 is 40.0. The third-order valence-corrected chi connectivity index (χ3v) is 6.12. The van der Waals surface area contributed by atoms with E-state index in [2.05, 4.69) is 53.6 Å². The number of hydrogen-bond donors (Lipinski definition) is 2. The van der Waals surface area contributed by atoms with Crippen molar-refractivity contribution in [3.8, 4) is 0 Å². The van der Waals surface area contributed by atoms with E-state index in [0.717, 1.165) is 31.8 Å². The van der Waals surface area contributed by atoms with Crippen LogP contribution in [0.3, 0.4) is 0 Å². The first kappa shape index (κ1) is 25.7. The first-order valence-electron chi connectivity index (χ1n) is 11.4. The molecule has 1 fully saturated rings. The van der Waals surface area contributed by atoms with Gasteiger partial charge in [0.2, 0.25) is 11.8 Å². The third kappa shape index (κ3) is 6.57. The average Bonchev–Trinajstić information content (AvgIpc) is 2.83. The molecule has 0 aliphatic carbocycles. The van der Waals surface area contributed by atoms with Crippen LogP contribution < -0.4 is 10.6 Å². The standard InChI is InChI=1S/C25H31F3N4O2/c1-16(2)19-6-4-18(5-7-19)15-31-10-12-32(13-11-31)17(3)25(34)29-14-22(33)30-21-9-8-20(26)23(27)24(21)28/h4-9,16-17H,10-15H2,1-3H3,(H,29,34)(H,30,33). The molecule has 3 rings (SSSR count). The van der Waals surface area contributed by atoms with E-state index in [0.29, 0.717) is 19.0 Å². The number of amides is 2. The highest BCUT2D eigenvalue weighted by Gasteiger charge is 2.26. The number of carbonyl (C=O) groups excluding carboxylic acids is 2. The Balaban J connectivity index is 1.42. The Kier molecular flexibility index (Phi) is 8.68. The van der Waals surface area contributed by atoms with Gasteiger partial charge in [0.05, 0.1) is 18.3 Å². The first-order chi connectivity index (χ1) is 16.2. The molecule has 1 atom stereocenters. The number of rotatable bonds is 8. The molecule has 0 spiro atoms. The number of benzene rings is 2. The van der Waals surface area contributed by atoms with Crippen LogP contribution in [0.1, 0.15) is 37.8 Å². The zero-order valence-electron chi connectivity index (χ0n) is 19.7. The molecule has 2 N–H and O–H groups in total. The molecule has 184 valence electrons. The molecular weight excluding hydrogens is 445 g/mol. The van der Waals surface area contributed by atoms with Gasteiger partial charge in [-0.2, -0.15) is 0 Å². The molecule has 1 saturated heterocycles. The maximum atomic E-state index is 13.7. The smallest absolute Gasteiger partial charge is 0.243 e. The van der Waals surface area contributed by atoms with Crippen molar-refractivity contribution in [1.29, 1.82) is 0 Å². The maximum Gasteiger partial charge on any atom is 0.243 e. The molecular formula is C25H31F3N4O2. The number of hydrogen-bond acceptors (Lipinski definition) is 4. The third-order valence-electron chi connectivity index (χ3n) is 6.12. The van der Waals surface area contributed by atoms with E-state index < -0.39 is 41.6 Å². The highest BCUT2D eigenvalue weighted by atomic mass is 19.2. The monoisotopic (exact) mass is 476 g/mol. The van der Waals surface area contributed by atoms with Gasteiger partial charge in [0.25, 0.3) is 0 Å². The van der Waals surface area contributed by atoms with Crippen LogP contribution in [0.25, 0.3) is 0 Å². The maximum absolute atomic E-state index is 13.7. The van der Waals surface area contributed by atoms with Gasteiger partial charge in [-0.05, 0) is 36.1 Å². The van der Waals surface area contributed by atoms with Gasteiger partial charge in [-0.1, -0.05) is 38.1 Å². The van der Waals surface area contributed by atoms with E-state index in [1.54, 1.807) is 6.92 Å². The highest BCUT2D eigenvalue weighted by Crippen LogP contribution is 2.19. The molecule has 6 nitrogen and oxygen atoms in total. The van der Waals surface area contributed by atoms with E-state index in [9.17, 15) is 22.8 Å². The molecule has 1 heterocycles. The predicted molar refractivity (Wildman–Crippen MR) is 125 cm³/mol. The highest BCUT2D eigenvalue weighted by molar-refractivity contribution is 5.95. The summed E-state index contributed by atoms with van der Waals surface area (Å²) in [5.41, 5.74) is 2.09. The van der Waals surface area contributed by atoms with Gasteiger partial charge in [-0.25, -0.2) is 13.2 Å². The van der Waals surface area contributed by atoms with Gasteiger partial charge in [-0.15, -0.1) is 0 Å². The molecule has 2 amide bonds. The minimum Gasteiger partial charge on any atom is -0.346 e. The van der Waals surface area contributed by atoms with Crippen molar-refractivity contribution in [2.24, 2.45) is 0 Å². The van der Waals surface area contributed by atoms with Gasteiger partial charge >= 0.3 is 0 Å². The zero-order chi connectivity index (χ0) is 24.8. The lowest BCUT2D eigenvalue weighted by molar-refractivity contribution is -0.128. The first-order valence-corrected chi connectivity index (χ1v) is 11.4. The second-order valence-electron chi connectivity index (χ2n) is 8.87. The lowest BCUT2D eigenvalue weighted by atomic mass is 10.0. The van der Waals surface area contributed by atoms with Crippen LogP contribution in [0, 0.1) is 17.5 Å². The van der Waals surface area contributed by atoms with Crippen molar-refractivity contribution in [2.75, 3.05) is 38.0 Å². The summed E-state index contributed by atoms with van der Waals surface area (Å²) in [4.78, 5) is 28.9. The van der Waals surface area contributed by atoms with E-state index in [1.165, 1.54) is 11.1 Å². The lowest BCUT2D eigenvalue weighted by Crippen LogP contribution is -2.54. The number of piperazine rings is 1. The molecule has 34 heavy (non-hydrogen) atoms. The van der Waals surface area contributed by atoms with Crippen molar-refractivity contribution in [3.05, 3.63) is 65.0 Å². The SMILES string of the molecule is CC(C)c1ccc(CN2CCN(C(C)C(=O)NCC(=O)Nc3ccc(F)c(F)c3F)CC2)cc1. The lowest BCUT2D eigenvalue weighted by Gasteiger charge is -2.37. The topological polar surface area (TPSA) is 64.7 Å². The van der Waals surface area contributed by atoms with E-state index in [1.807, 2.05) is 4.90 Å². The summed E-state index contributed by atoms with van der Waals surface area (Å²) in [6, 6.07) is 9.85. The fourth-order valence-corrected chi connectivity index (χ4v) is 3.87. The van der Waals surface area contributed by atoms with Crippen LogP contribution in [0.2, 0.25) is 0 Å². The number of anilines is 1. The number of carbonyl (C=O) groups is 2. The van der Waals surface area contributed by atoms with Gasteiger partial charge in [0.15, 0.2) is 17.5 Å². The molecule has 1 aliphatic rings. The fourth-order valence-electron chi connectivity index (χ4n) is 3.87. The van der Waals surface area contributed by atoms with Gasteiger partial charge in [0.1, 0.15) is 0 Å². The minimum absolute atomic E-state index is 0.335. The normalized spacial score (nSPS) is 15.9. The van der Waals surface area contributed by atoms with Crippen LogP contribution in [0.15, 0.2) is 36.4 Å². The van der Waals surface area contributed by atoms with Crippen LogP contribution in [0.5, 0.6) is 0 Å². The Bertz CT molecular complexity index is 1010. The second kappa shape index (κ2) is 11.5. The van der Waals surface area contributed by atoms with Crippen molar-refractivity contribution >= 4 is 17.5 Å². The molecule has 0 radical (unpaired) electrons.